The topological polar surface area (TPSA) is 46.6 Å². The second kappa shape index (κ2) is 7.67. The highest BCUT2D eigenvalue weighted by Crippen LogP contribution is 2.55. The van der Waals surface area contributed by atoms with Crippen LogP contribution < -0.4 is 9.64 Å². The van der Waals surface area contributed by atoms with Gasteiger partial charge in [0.25, 0.3) is 0 Å². The van der Waals surface area contributed by atoms with Crippen molar-refractivity contribution in [2.75, 3.05) is 11.9 Å². The molecule has 0 aliphatic carbocycles. The van der Waals surface area contributed by atoms with E-state index in [4.69, 9.17) is 4.74 Å². The predicted octanol–water partition coefficient (Wildman–Crippen LogP) is 6.56. The molecule has 0 amide bonds. The number of ketones is 1. The number of aldehydes is 1. The van der Waals surface area contributed by atoms with E-state index < -0.39 is 11.1 Å². The molecule has 178 valence electrons. The summed E-state index contributed by atoms with van der Waals surface area (Å²) in [6.07, 6.45) is 5.04. The lowest BCUT2D eigenvalue weighted by molar-refractivity contribution is 0.0570. The van der Waals surface area contributed by atoms with Crippen LogP contribution in [0.1, 0.15) is 77.6 Å². The standard InChI is InChI=1S/C31H31NO3/c1-29(2,3)24-16-22-14-15-31(35-28(22)23(17-24)19-33)30(4,5)25-18-21(12-13-26(25)32(31)6)27(34)20-10-8-7-9-11-20/h7-19H,1-6H3. The van der Waals surface area contributed by atoms with E-state index >= 15 is 0 Å². The Morgan fingerprint density at radius 1 is 0.971 bits per heavy atom. The van der Waals surface area contributed by atoms with E-state index in [1.165, 1.54) is 0 Å². The van der Waals surface area contributed by atoms with Crippen molar-refractivity contribution >= 4 is 23.8 Å². The monoisotopic (exact) mass is 465 g/mol. The third-order valence-corrected chi connectivity index (χ3v) is 7.61. The smallest absolute Gasteiger partial charge is 0.211 e. The van der Waals surface area contributed by atoms with Gasteiger partial charge in [0.05, 0.1) is 11.0 Å². The Hall–Kier alpha value is -3.66. The molecule has 1 unspecified atom stereocenters. The van der Waals surface area contributed by atoms with Gasteiger partial charge in [0, 0.05) is 29.4 Å². The number of nitrogens with zero attached hydrogens (tertiary/aromatic N) is 1. The third-order valence-electron chi connectivity index (χ3n) is 7.61. The first kappa shape index (κ1) is 23.1. The fourth-order valence-electron chi connectivity index (χ4n) is 5.36. The number of likely N-dealkylation sites (N-methyl/N-ethyl adjacent to an activating group) is 1. The Bertz CT molecular complexity index is 1380. The normalized spacial score (nSPS) is 19.8. The summed E-state index contributed by atoms with van der Waals surface area (Å²) >= 11 is 0. The van der Waals surface area contributed by atoms with Crippen molar-refractivity contribution < 1.29 is 14.3 Å². The molecule has 0 saturated carbocycles. The number of carbonyl (C=O) groups excluding carboxylic acids is 2. The summed E-state index contributed by atoms with van der Waals surface area (Å²) in [5.74, 6) is 0.597. The van der Waals surface area contributed by atoms with E-state index in [1.807, 2.05) is 61.6 Å². The van der Waals surface area contributed by atoms with Crippen molar-refractivity contribution in [1.82, 2.24) is 0 Å². The zero-order valence-corrected chi connectivity index (χ0v) is 21.2. The van der Waals surface area contributed by atoms with Crippen molar-refractivity contribution in [1.29, 1.82) is 0 Å². The highest BCUT2D eigenvalue weighted by molar-refractivity contribution is 6.09. The summed E-state index contributed by atoms with van der Waals surface area (Å²) < 4.78 is 6.79. The molecule has 3 aromatic carbocycles. The molecule has 0 radical (unpaired) electrons. The molecule has 5 rings (SSSR count). The first-order valence-corrected chi connectivity index (χ1v) is 12.0. The van der Waals surface area contributed by atoms with Gasteiger partial charge in [-0.3, -0.25) is 9.59 Å². The molecule has 35 heavy (non-hydrogen) atoms. The van der Waals surface area contributed by atoms with Gasteiger partial charge in [-0.05, 0) is 72.9 Å². The van der Waals surface area contributed by atoms with Gasteiger partial charge in [0.2, 0.25) is 5.72 Å². The maximum atomic E-state index is 13.2. The molecule has 0 N–H and O–H groups in total. The maximum absolute atomic E-state index is 13.2. The lowest BCUT2D eigenvalue weighted by atomic mass is 9.75. The van der Waals surface area contributed by atoms with E-state index in [0.29, 0.717) is 22.4 Å². The third kappa shape index (κ3) is 3.35. The number of rotatable bonds is 3. The molecule has 4 nitrogen and oxygen atoms in total. The van der Waals surface area contributed by atoms with Gasteiger partial charge in [0.15, 0.2) is 12.1 Å². The molecule has 0 aromatic heterocycles. The van der Waals surface area contributed by atoms with Crippen LogP contribution in [0.25, 0.3) is 6.08 Å². The van der Waals surface area contributed by atoms with Gasteiger partial charge in [-0.1, -0.05) is 51.1 Å². The molecule has 4 heteroatoms. The minimum absolute atomic E-state index is 0.00351. The summed E-state index contributed by atoms with van der Waals surface area (Å²) in [5, 5.41) is 0. The molecule has 0 bridgehead atoms. The minimum Gasteiger partial charge on any atom is -0.462 e. The molecule has 1 atom stereocenters. The van der Waals surface area contributed by atoms with Crippen molar-refractivity contribution in [3.05, 3.63) is 100 Å². The molecular weight excluding hydrogens is 434 g/mol. The van der Waals surface area contributed by atoms with Gasteiger partial charge in [-0.2, -0.15) is 0 Å². The Kier molecular flexibility index (Phi) is 5.06. The summed E-state index contributed by atoms with van der Waals surface area (Å²) in [4.78, 5) is 27.4. The average Bonchev–Trinajstić information content (AvgIpc) is 3.00. The number of ether oxygens (including phenoxy) is 1. The molecule has 1 spiro atoms. The quantitative estimate of drug-likeness (QED) is 0.325. The highest BCUT2D eigenvalue weighted by Gasteiger charge is 2.58. The van der Waals surface area contributed by atoms with Crippen molar-refractivity contribution in [3.63, 3.8) is 0 Å². The van der Waals surface area contributed by atoms with Crippen molar-refractivity contribution in [3.8, 4) is 5.75 Å². The minimum atomic E-state index is -0.836. The number of anilines is 1. The Labute approximate surface area is 207 Å². The van der Waals surface area contributed by atoms with Crippen LogP contribution >= 0.6 is 0 Å². The Morgan fingerprint density at radius 2 is 1.69 bits per heavy atom. The van der Waals surface area contributed by atoms with Gasteiger partial charge < -0.3 is 9.64 Å². The largest absolute Gasteiger partial charge is 0.462 e. The Morgan fingerprint density at radius 3 is 2.34 bits per heavy atom. The van der Waals surface area contributed by atoms with Gasteiger partial charge >= 0.3 is 0 Å². The van der Waals surface area contributed by atoms with Gasteiger partial charge in [0.1, 0.15) is 5.75 Å². The number of benzene rings is 3. The summed E-state index contributed by atoms with van der Waals surface area (Å²) in [6.45, 7) is 10.7. The van der Waals surface area contributed by atoms with E-state index in [9.17, 15) is 9.59 Å². The van der Waals surface area contributed by atoms with E-state index in [-0.39, 0.29) is 11.2 Å². The lowest BCUT2D eigenvalue weighted by Gasteiger charge is -2.46. The first-order valence-electron chi connectivity index (χ1n) is 12.0. The number of carbonyl (C=O) groups is 2. The molecule has 3 aromatic rings. The first-order chi connectivity index (χ1) is 16.5. The predicted molar refractivity (Wildman–Crippen MR) is 141 cm³/mol. The molecule has 0 saturated heterocycles. The van der Waals surface area contributed by atoms with E-state index in [0.717, 1.165) is 28.7 Å². The summed E-state index contributed by atoms with van der Waals surface area (Å²) in [6, 6.07) is 19.3. The molecular formula is C31H31NO3. The summed E-state index contributed by atoms with van der Waals surface area (Å²) in [7, 11) is 2.01. The zero-order valence-electron chi connectivity index (χ0n) is 21.2. The number of hydrogen-bond donors (Lipinski definition) is 0. The molecule has 2 aliphatic heterocycles. The van der Waals surface area contributed by atoms with Gasteiger partial charge in [-0.15, -0.1) is 0 Å². The zero-order chi connectivity index (χ0) is 25.2. The lowest BCUT2D eigenvalue weighted by Crippen LogP contribution is -2.58. The van der Waals surface area contributed by atoms with Crippen LogP contribution in [0, 0.1) is 0 Å². The second-order valence-electron chi connectivity index (χ2n) is 11.1. The number of fused-ring (bicyclic) bond motifs is 2. The molecule has 2 heterocycles. The van der Waals surface area contributed by atoms with Crippen molar-refractivity contribution in [2.45, 2.75) is 51.2 Å². The highest BCUT2D eigenvalue weighted by atomic mass is 16.5. The van der Waals surface area contributed by atoms with Crippen LogP contribution in [0.5, 0.6) is 5.75 Å². The molecule has 2 aliphatic rings. The SMILES string of the molecule is CN1c2ccc(C(=O)c3ccccc3)cc2C(C)(C)C12C=Cc1cc(C(C)(C)C)cc(C=O)c1O2. The maximum Gasteiger partial charge on any atom is 0.211 e. The van der Waals surface area contributed by atoms with Crippen LogP contribution in [0.4, 0.5) is 5.69 Å². The number of hydrogen-bond acceptors (Lipinski definition) is 4. The fraction of sp³-hybridized carbons (Fsp3) is 0.290. The van der Waals surface area contributed by atoms with E-state index in [2.05, 4.69) is 57.7 Å². The van der Waals surface area contributed by atoms with Crippen LogP contribution in [0.15, 0.2) is 66.7 Å². The van der Waals surface area contributed by atoms with Crippen LogP contribution in [0.3, 0.4) is 0 Å². The summed E-state index contributed by atoms with van der Waals surface area (Å²) in [5.41, 5.74) is 4.49. The van der Waals surface area contributed by atoms with E-state index in [1.54, 1.807) is 0 Å². The van der Waals surface area contributed by atoms with Crippen LogP contribution in [0.2, 0.25) is 0 Å². The van der Waals surface area contributed by atoms with Crippen LogP contribution in [-0.2, 0) is 10.8 Å². The Balaban J connectivity index is 1.60. The average molecular weight is 466 g/mol. The molecule has 0 fully saturated rings. The van der Waals surface area contributed by atoms with Gasteiger partial charge in [-0.25, -0.2) is 0 Å². The fourth-order valence-corrected chi connectivity index (χ4v) is 5.36. The van der Waals surface area contributed by atoms with Crippen LogP contribution in [-0.4, -0.2) is 24.8 Å². The van der Waals surface area contributed by atoms with Crippen molar-refractivity contribution in [2.24, 2.45) is 0 Å². The second-order valence-corrected chi connectivity index (χ2v) is 11.1.